The van der Waals surface area contributed by atoms with Gasteiger partial charge >= 0.3 is 0 Å². The molecular formula is C29H32ClN3O. The van der Waals surface area contributed by atoms with Gasteiger partial charge in [0.2, 0.25) is 5.91 Å². The predicted octanol–water partition coefficient (Wildman–Crippen LogP) is 5.10. The van der Waals surface area contributed by atoms with E-state index in [1.165, 1.54) is 5.56 Å². The van der Waals surface area contributed by atoms with Crippen molar-refractivity contribution >= 4 is 17.5 Å². The summed E-state index contributed by atoms with van der Waals surface area (Å²) in [6.45, 7) is 8.82. The fourth-order valence-electron chi connectivity index (χ4n) is 5.37. The average Bonchev–Trinajstić information content (AvgIpc) is 2.87. The Labute approximate surface area is 207 Å². The quantitative estimate of drug-likeness (QED) is 0.447. The molecule has 1 amide bonds. The molecule has 3 aromatic rings. The first kappa shape index (κ1) is 23.1. The van der Waals surface area contributed by atoms with E-state index in [1.807, 2.05) is 47.4 Å². The minimum absolute atomic E-state index is 0.0817. The van der Waals surface area contributed by atoms with Gasteiger partial charge in [-0.25, -0.2) is 0 Å². The van der Waals surface area contributed by atoms with Crippen molar-refractivity contribution in [2.24, 2.45) is 5.41 Å². The minimum atomic E-state index is -0.332. The van der Waals surface area contributed by atoms with Crippen LogP contribution in [0.25, 0.3) is 0 Å². The molecule has 0 aromatic heterocycles. The van der Waals surface area contributed by atoms with Gasteiger partial charge in [-0.05, 0) is 35.7 Å². The molecule has 0 N–H and O–H groups in total. The fourth-order valence-corrected chi connectivity index (χ4v) is 5.50. The molecule has 2 fully saturated rings. The average molecular weight is 474 g/mol. The Bertz CT molecular complexity index is 1100. The maximum absolute atomic E-state index is 13.6. The van der Waals surface area contributed by atoms with Crippen LogP contribution in [0.1, 0.15) is 29.7 Å². The van der Waals surface area contributed by atoms with Crippen molar-refractivity contribution < 1.29 is 4.79 Å². The predicted molar refractivity (Wildman–Crippen MR) is 138 cm³/mol. The summed E-state index contributed by atoms with van der Waals surface area (Å²) in [6.07, 6.45) is 0. The molecule has 2 heterocycles. The van der Waals surface area contributed by atoms with E-state index in [-0.39, 0.29) is 17.4 Å². The Morgan fingerprint density at radius 3 is 1.97 bits per heavy atom. The minimum Gasteiger partial charge on any atom is -0.330 e. The SMILES string of the molecule is CC1(CN2CCN(Cc3ccccc3)CC2)CN(C(c2ccccc2)c2ccc(Cl)cc2)C1=O. The molecule has 0 bridgehead atoms. The number of benzene rings is 3. The van der Waals surface area contributed by atoms with Crippen LogP contribution in [-0.4, -0.2) is 59.9 Å². The van der Waals surface area contributed by atoms with Crippen LogP contribution in [0.5, 0.6) is 0 Å². The van der Waals surface area contributed by atoms with Crippen molar-refractivity contribution in [2.45, 2.75) is 19.5 Å². The van der Waals surface area contributed by atoms with E-state index in [0.717, 1.165) is 56.9 Å². The van der Waals surface area contributed by atoms with Gasteiger partial charge in [-0.2, -0.15) is 0 Å². The van der Waals surface area contributed by atoms with Gasteiger partial charge in [0.1, 0.15) is 0 Å². The number of hydrogen-bond donors (Lipinski definition) is 0. The van der Waals surface area contributed by atoms with E-state index >= 15 is 0 Å². The van der Waals surface area contributed by atoms with Crippen LogP contribution in [0.4, 0.5) is 0 Å². The number of amides is 1. The number of carbonyl (C=O) groups is 1. The third-order valence-electron chi connectivity index (χ3n) is 7.20. The Hall–Kier alpha value is -2.66. The molecule has 2 aliphatic rings. The number of halogens is 1. The second kappa shape index (κ2) is 9.91. The number of rotatable bonds is 7. The maximum atomic E-state index is 13.6. The Balaban J connectivity index is 1.22. The van der Waals surface area contributed by atoms with Crippen molar-refractivity contribution in [3.05, 3.63) is 107 Å². The van der Waals surface area contributed by atoms with Gasteiger partial charge in [0.25, 0.3) is 0 Å². The summed E-state index contributed by atoms with van der Waals surface area (Å²) in [6, 6.07) is 28.8. The molecule has 3 aromatic carbocycles. The first-order chi connectivity index (χ1) is 16.5. The summed E-state index contributed by atoms with van der Waals surface area (Å²) >= 11 is 6.14. The molecule has 0 spiro atoms. The van der Waals surface area contributed by atoms with Crippen LogP contribution in [0.15, 0.2) is 84.9 Å². The van der Waals surface area contributed by atoms with E-state index in [0.29, 0.717) is 5.02 Å². The van der Waals surface area contributed by atoms with Gasteiger partial charge in [0, 0.05) is 50.8 Å². The number of likely N-dealkylation sites (tertiary alicyclic amines) is 1. The van der Waals surface area contributed by atoms with Crippen LogP contribution in [0.2, 0.25) is 5.02 Å². The molecule has 5 heteroatoms. The highest BCUT2D eigenvalue weighted by Gasteiger charge is 2.52. The number of β-lactam (4-membered cyclic amide) rings is 1. The maximum Gasteiger partial charge on any atom is 0.232 e. The van der Waals surface area contributed by atoms with Crippen molar-refractivity contribution in [3.8, 4) is 0 Å². The summed E-state index contributed by atoms with van der Waals surface area (Å²) in [5.41, 5.74) is 3.26. The van der Waals surface area contributed by atoms with Crippen LogP contribution >= 0.6 is 11.6 Å². The third kappa shape index (κ3) is 4.90. The van der Waals surface area contributed by atoms with E-state index in [4.69, 9.17) is 11.6 Å². The number of nitrogens with zero attached hydrogens (tertiary/aromatic N) is 3. The highest BCUT2D eigenvalue weighted by molar-refractivity contribution is 6.30. The lowest BCUT2D eigenvalue weighted by molar-refractivity contribution is -0.164. The molecule has 2 aliphatic heterocycles. The third-order valence-corrected chi connectivity index (χ3v) is 7.45. The second-order valence-electron chi connectivity index (χ2n) is 9.90. The Kier molecular flexibility index (Phi) is 6.73. The zero-order chi connectivity index (χ0) is 23.5. The first-order valence-corrected chi connectivity index (χ1v) is 12.5. The molecule has 0 saturated carbocycles. The standard InChI is InChI=1S/C29H32ClN3O/c1-29(21-32-18-16-31(17-19-32)20-23-8-4-2-5-9-23)22-33(28(29)34)27(24-10-6-3-7-11-24)25-12-14-26(30)15-13-25/h2-15,27H,16-22H2,1H3. The monoisotopic (exact) mass is 473 g/mol. The van der Waals surface area contributed by atoms with Crippen molar-refractivity contribution in [1.82, 2.24) is 14.7 Å². The lowest BCUT2D eigenvalue weighted by Gasteiger charge is -2.52. The van der Waals surface area contributed by atoms with Gasteiger partial charge in [0.15, 0.2) is 0 Å². The zero-order valence-corrected chi connectivity index (χ0v) is 20.5. The largest absolute Gasteiger partial charge is 0.330 e. The number of carbonyl (C=O) groups excluding carboxylic acids is 1. The van der Waals surface area contributed by atoms with Crippen molar-refractivity contribution in [2.75, 3.05) is 39.3 Å². The summed E-state index contributed by atoms with van der Waals surface area (Å²) in [4.78, 5) is 20.6. The smallest absolute Gasteiger partial charge is 0.232 e. The van der Waals surface area contributed by atoms with Gasteiger partial charge in [-0.1, -0.05) is 84.4 Å². The molecule has 2 unspecified atom stereocenters. The van der Waals surface area contributed by atoms with E-state index in [9.17, 15) is 4.79 Å². The molecule has 0 aliphatic carbocycles. The normalized spacial score (nSPS) is 22.4. The lowest BCUT2D eigenvalue weighted by atomic mass is 9.77. The van der Waals surface area contributed by atoms with E-state index in [2.05, 4.69) is 59.2 Å². The van der Waals surface area contributed by atoms with Crippen LogP contribution in [0.3, 0.4) is 0 Å². The van der Waals surface area contributed by atoms with Gasteiger partial charge in [0.05, 0.1) is 11.5 Å². The van der Waals surface area contributed by atoms with Crippen LogP contribution in [-0.2, 0) is 11.3 Å². The van der Waals surface area contributed by atoms with Gasteiger partial charge < -0.3 is 4.90 Å². The van der Waals surface area contributed by atoms with Gasteiger partial charge in [-0.3, -0.25) is 14.6 Å². The summed E-state index contributed by atoms with van der Waals surface area (Å²) in [5.74, 6) is 0.239. The van der Waals surface area contributed by atoms with Crippen LogP contribution < -0.4 is 0 Å². The highest BCUT2D eigenvalue weighted by atomic mass is 35.5. The van der Waals surface area contributed by atoms with Crippen molar-refractivity contribution in [3.63, 3.8) is 0 Å². The molecule has 2 atom stereocenters. The molecule has 34 heavy (non-hydrogen) atoms. The molecule has 176 valence electrons. The molecule has 2 saturated heterocycles. The Morgan fingerprint density at radius 2 is 1.35 bits per heavy atom. The summed E-state index contributed by atoms with van der Waals surface area (Å²) < 4.78 is 0. The fraction of sp³-hybridized carbons (Fsp3) is 0.345. The topological polar surface area (TPSA) is 26.8 Å². The Morgan fingerprint density at radius 1 is 0.794 bits per heavy atom. The highest BCUT2D eigenvalue weighted by Crippen LogP contribution is 2.42. The van der Waals surface area contributed by atoms with Crippen LogP contribution in [0, 0.1) is 5.41 Å². The second-order valence-corrected chi connectivity index (χ2v) is 10.3. The van der Waals surface area contributed by atoms with Gasteiger partial charge in [-0.15, -0.1) is 0 Å². The van der Waals surface area contributed by atoms with Crippen molar-refractivity contribution in [1.29, 1.82) is 0 Å². The molecular weight excluding hydrogens is 442 g/mol. The first-order valence-electron chi connectivity index (χ1n) is 12.1. The molecule has 5 rings (SSSR count). The summed E-state index contributed by atoms with van der Waals surface area (Å²) in [7, 11) is 0. The number of hydrogen-bond acceptors (Lipinski definition) is 3. The summed E-state index contributed by atoms with van der Waals surface area (Å²) in [5, 5.41) is 0.710. The molecule has 4 nitrogen and oxygen atoms in total. The number of piperazine rings is 1. The zero-order valence-electron chi connectivity index (χ0n) is 19.7. The van der Waals surface area contributed by atoms with E-state index < -0.39 is 0 Å². The van der Waals surface area contributed by atoms with E-state index in [1.54, 1.807) is 0 Å². The lowest BCUT2D eigenvalue weighted by Crippen LogP contribution is -2.65. The molecule has 0 radical (unpaired) electrons.